The van der Waals surface area contributed by atoms with Crippen LogP contribution in [0.3, 0.4) is 0 Å². The van der Waals surface area contributed by atoms with Gasteiger partial charge in [0.05, 0.1) is 0 Å². The third-order valence-electron chi connectivity index (χ3n) is 1.74. The Morgan fingerprint density at radius 2 is 1.42 bits per heavy atom. The zero-order valence-electron chi connectivity index (χ0n) is 7.02. The second kappa shape index (κ2) is 3.11. The van der Waals surface area contributed by atoms with Gasteiger partial charge < -0.3 is 0 Å². The highest BCUT2D eigenvalue weighted by Gasteiger charge is 2.37. The molecule has 0 spiro atoms. The fraction of sp³-hybridized carbons (Fsp3) is 0.250. The summed E-state index contributed by atoms with van der Waals surface area (Å²) in [6.45, 7) is 3.47. The first-order chi connectivity index (χ1) is 5.43. The van der Waals surface area contributed by atoms with Crippen LogP contribution in [-0.4, -0.2) is 14.7 Å². The third-order valence-corrected chi connectivity index (χ3v) is 3.04. The number of benzene rings is 1. The predicted molar refractivity (Wildman–Crippen MR) is 49.1 cm³/mol. The van der Waals surface area contributed by atoms with E-state index in [2.05, 4.69) is 0 Å². The average Bonchev–Trinajstić information content (AvgIpc) is 1.82. The van der Waals surface area contributed by atoms with Crippen LogP contribution in [-0.2, 0) is 0 Å². The summed E-state index contributed by atoms with van der Waals surface area (Å²) in [5, 5.41) is 0.269. The van der Waals surface area contributed by atoms with Crippen LogP contribution in [0.4, 0.5) is 0 Å². The van der Waals surface area contributed by atoms with Crippen molar-refractivity contribution in [1.82, 2.24) is 0 Å². The van der Waals surface area contributed by atoms with Crippen molar-refractivity contribution in [3.63, 3.8) is 0 Å². The monoisotopic (exact) mass is 187 g/mol. The molecule has 4 heteroatoms. The number of rotatable bonds is 1. The predicted octanol–water partition coefficient (Wildman–Crippen LogP) is 0.668. The molecule has 0 aliphatic heterocycles. The van der Waals surface area contributed by atoms with Gasteiger partial charge in [-0.3, -0.25) is 0 Å². The van der Waals surface area contributed by atoms with Gasteiger partial charge >= 0.3 is 7.94 Å². The Balaban J connectivity index is 3.31. The van der Waals surface area contributed by atoms with E-state index >= 15 is 0 Å². The Bertz CT molecular complexity index is 271. The van der Waals surface area contributed by atoms with E-state index in [-0.39, 0.29) is 5.30 Å². The van der Waals surface area contributed by atoms with Crippen LogP contribution in [0, 0.1) is 13.8 Å². The molecule has 1 rings (SSSR count). The maximum atomic E-state index is 9.07. The van der Waals surface area contributed by atoms with Crippen LogP contribution in [0.2, 0.25) is 0 Å². The largest absolute Gasteiger partial charge is 0.441 e. The minimum Gasteiger partial charge on any atom is -0.189 e. The Morgan fingerprint density at radius 1 is 1.00 bits per heavy atom. The molecule has 0 saturated carbocycles. The van der Waals surface area contributed by atoms with E-state index in [1.165, 1.54) is 0 Å². The highest BCUT2D eigenvalue weighted by Crippen LogP contribution is 2.44. The molecule has 3 N–H and O–H groups in total. The Morgan fingerprint density at radius 3 is 1.67 bits per heavy atom. The lowest BCUT2D eigenvalue weighted by molar-refractivity contribution is 0.346. The SMILES string of the molecule is Cc1cccc(C)c1[P+](O)(O)O. The number of aryl methyl sites for hydroxylation is 2. The van der Waals surface area contributed by atoms with Gasteiger partial charge in [0.1, 0.15) is 0 Å². The first-order valence-electron chi connectivity index (χ1n) is 3.57. The van der Waals surface area contributed by atoms with Gasteiger partial charge in [0.25, 0.3) is 0 Å². The molecule has 0 bridgehead atoms. The maximum Gasteiger partial charge on any atom is 0.441 e. The fourth-order valence-corrected chi connectivity index (χ4v) is 2.37. The van der Waals surface area contributed by atoms with Crippen molar-refractivity contribution in [3.8, 4) is 0 Å². The van der Waals surface area contributed by atoms with Gasteiger partial charge in [-0.15, -0.1) is 0 Å². The molecular weight excluding hydrogens is 175 g/mol. The zero-order chi connectivity index (χ0) is 9.35. The Hall–Kier alpha value is -0.470. The van der Waals surface area contributed by atoms with E-state index in [1.54, 1.807) is 26.0 Å². The second-order valence-electron chi connectivity index (χ2n) is 2.81. The van der Waals surface area contributed by atoms with E-state index in [9.17, 15) is 0 Å². The van der Waals surface area contributed by atoms with E-state index < -0.39 is 7.94 Å². The summed E-state index contributed by atoms with van der Waals surface area (Å²) in [6, 6.07) is 5.28. The van der Waals surface area contributed by atoms with Crippen LogP contribution >= 0.6 is 7.94 Å². The summed E-state index contributed by atoms with van der Waals surface area (Å²) < 4.78 is 0. The van der Waals surface area contributed by atoms with Gasteiger partial charge in [0.2, 0.25) is 0 Å². The fourth-order valence-electron chi connectivity index (χ4n) is 1.28. The molecular formula is C8H12O3P+. The first kappa shape index (κ1) is 9.62. The summed E-state index contributed by atoms with van der Waals surface area (Å²) in [4.78, 5) is 27.2. The molecule has 0 heterocycles. The molecule has 0 aliphatic carbocycles. The normalized spacial score (nSPS) is 11.8. The molecule has 0 aliphatic rings. The van der Waals surface area contributed by atoms with E-state index in [0.29, 0.717) is 11.1 Å². The molecule has 0 saturated heterocycles. The van der Waals surface area contributed by atoms with Gasteiger partial charge in [-0.25, -0.2) is 0 Å². The van der Waals surface area contributed by atoms with Gasteiger partial charge in [-0.2, -0.15) is 14.7 Å². The molecule has 0 unspecified atom stereocenters. The topological polar surface area (TPSA) is 60.7 Å². The smallest absolute Gasteiger partial charge is 0.189 e. The molecule has 66 valence electrons. The van der Waals surface area contributed by atoms with Crippen LogP contribution in [0.5, 0.6) is 0 Å². The molecule has 0 radical (unpaired) electrons. The van der Waals surface area contributed by atoms with Gasteiger partial charge in [0.15, 0.2) is 5.30 Å². The van der Waals surface area contributed by atoms with E-state index in [4.69, 9.17) is 14.7 Å². The third kappa shape index (κ3) is 1.82. The van der Waals surface area contributed by atoms with Crippen LogP contribution < -0.4 is 5.30 Å². The standard InChI is InChI=1S/C8H12O3P/c1-6-4-3-5-7(2)8(6)12(9,10)11/h3-5,9-11H,1-2H3/q+1. The van der Waals surface area contributed by atoms with Crippen LogP contribution in [0.25, 0.3) is 0 Å². The molecule has 1 aromatic carbocycles. The summed E-state index contributed by atoms with van der Waals surface area (Å²) in [6.07, 6.45) is 0. The highest BCUT2D eigenvalue weighted by atomic mass is 31.2. The number of hydrogen-bond donors (Lipinski definition) is 3. The van der Waals surface area contributed by atoms with E-state index in [0.717, 1.165) is 0 Å². The zero-order valence-corrected chi connectivity index (χ0v) is 7.92. The first-order valence-corrected chi connectivity index (χ1v) is 5.21. The van der Waals surface area contributed by atoms with Crippen molar-refractivity contribution < 1.29 is 14.7 Å². The summed E-state index contributed by atoms with van der Waals surface area (Å²) in [5.74, 6) is 0. The lowest BCUT2D eigenvalue weighted by Gasteiger charge is -2.08. The average molecular weight is 187 g/mol. The van der Waals surface area contributed by atoms with Crippen molar-refractivity contribution >= 4 is 13.2 Å². The van der Waals surface area contributed by atoms with Gasteiger partial charge in [-0.1, -0.05) is 18.2 Å². The summed E-state index contributed by atoms with van der Waals surface area (Å²) in [5.41, 5.74) is 1.41. The van der Waals surface area contributed by atoms with Crippen molar-refractivity contribution in [2.45, 2.75) is 13.8 Å². The minimum absolute atomic E-state index is 0.269. The van der Waals surface area contributed by atoms with Crippen molar-refractivity contribution in [1.29, 1.82) is 0 Å². The second-order valence-corrected chi connectivity index (χ2v) is 4.39. The molecule has 0 fully saturated rings. The Labute approximate surface area is 71.9 Å². The maximum absolute atomic E-state index is 9.07. The minimum atomic E-state index is -3.84. The van der Waals surface area contributed by atoms with Crippen LogP contribution in [0.15, 0.2) is 18.2 Å². The lowest BCUT2D eigenvalue weighted by atomic mass is 10.2. The molecule has 12 heavy (non-hydrogen) atoms. The molecule has 3 nitrogen and oxygen atoms in total. The number of hydrogen-bond acceptors (Lipinski definition) is 3. The van der Waals surface area contributed by atoms with E-state index in [1.807, 2.05) is 6.07 Å². The molecule has 0 amide bonds. The molecule has 0 aromatic heterocycles. The molecule has 0 atom stereocenters. The quantitative estimate of drug-likeness (QED) is 0.566. The van der Waals surface area contributed by atoms with Crippen LogP contribution in [0.1, 0.15) is 11.1 Å². The Kier molecular flexibility index (Phi) is 2.49. The highest BCUT2D eigenvalue weighted by molar-refractivity contribution is 7.67. The van der Waals surface area contributed by atoms with Gasteiger partial charge in [-0.05, 0) is 25.0 Å². The van der Waals surface area contributed by atoms with Crippen molar-refractivity contribution in [2.75, 3.05) is 0 Å². The summed E-state index contributed by atoms with van der Waals surface area (Å²) in [7, 11) is -3.84. The summed E-state index contributed by atoms with van der Waals surface area (Å²) >= 11 is 0. The lowest BCUT2D eigenvalue weighted by Crippen LogP contribution is -2.16. The molecule has 1 aromatic rings. The van der Waals surface area contributed by atoms with Crippen molar-refractivity contribution in [2.24, 2.45) is 0 Å². The van der Waals surface area contributed by atoms with Gasteiger partial charge in [0, 0.05) is 0 Å². The van der Waals surface area contributed by atoms with Crippen molar-refractivity contribution in [3.05, 3.63) is 29.3 Å².